The molecule has 0 amide bonds. The highest BCUT2D eigenvalue weighted by Gasteiger charge is 2.19. The molecule has 2 nitrogen and oxygen atoms in total. The van der Waals surface area contributed by atoms with Gasteiger partial charge in [0.05, 0.1) is 12.2 Å². The average molecular weight is 279 g/mol. The lowest BCUT2D eigenvalue weighted by molar-refractivity contribution is 0.554. The Kier molecular flexibility index (Phi) is 4.51. The molecule has 19 heavy (non-hydrogen) atoms. The second kappa shape index (κ2) is 6.13. The minimum absolute atomic E-state index is 0.263. The molecule has 2 aromatic rings. The molecular weight excluding hydrogens is 263 g/mol. The van der Waals surface area contributed by atoms with Gasteiger partial charge in [-0.2, -0.15) is 0 Å². The topological polar surface area (TPSA) is 24.9 Å². The van der Waals surface area contributed by atoms with Crippen LogP contribution in [0.5, 0.6) is 0 Å². The highest BCUT2D eigenvalue weighted by Crippen LogP contribution is 2.30. The van der Waals surface area contributed by atoms with Crippen LogP contribution in [0.4, 0.5) is 4.39 Å². The monoisotopic (exact) mass is 278 g/mol. The Labute approximate surface area is 117 Å². The van der Waals surface area contributed by atoms with Crippen LogP contribution in [-0.2, 0) is 0 Å². The first-order chi connectivity index (χ1) is 9.13. The quantitative estimate of drug-likeness (QED) is 0.918. The molecule has 0 fully saturated rings. The molecule has 0 aliphatic heterocycles. The summed E-state index contributed by atoms with van der Waals surface area (Å²) in [4.78, 5) is 3.78. The first-order valence-electron chi connectivity index (χ1n) is 6.22. The van der Waals surface area contributed by atoms with E-state index in [0.717, 1.165) is 17.7 Å². The van der Waals surface area contributed by atoms with E-state index >= 15 is 0 Å². The van der Waals surface area contributed by atoms with Crippen molar-refractivity contribution >= 4 is 11.6 Å². The summed E-state index contributed by atoms with van der Waals surface area (Å²) in [5.74, 6) is -0.329. The third-order valence-electron chi connectivity index (χ3n) is 2.99. The van der Waals surface area contributed by atoms with Crippen LogP contribution in [0.3, 0.4) is 0 Å². The van der Waals surface area contributed by atoms with E-state index in [9.17, 15) is 4.39 Å². The normalized spacial score (nSPS) is 12.4. The number of aryl methyl sites for hydroxylation is 1. The molecule has 1 aromatic carbocycles. The van der Waals surface area contributed by atoms with Gasteiger partial charge in [-0.3, -0.25) is 4.98 Å². The minimum Gasteiger partial charge on any atom is -0.306 e. The molecule has 1 aromatic heterocycles. The van der Waals surface area contributed by atoms with Gasteiger partial charge >= 0.3 is 0 Å². The number of benzene rings is 1. The van der Waals surface area contributed by atoms with E-state index in [1.165, 1.54) is 6.20 Å². The highest BCUT2D eigenvalue weighted by atomic mass is 35.5. The Morgan fingerprint density at radius 1 is 1.32 bits per heavy atom. The van der Waals surface area contributed by atoms with Crippen LogP contribution in [0.25, 0.3) is 0 Å². The van der Waals surface area contributed by atoms with Gasteiger partial charge in [-0.15, -0.1) is 0 Å². The molecular formula is C15H16ClFN2. The highest BCUT2D eigenvalue weighted by molar-refractivity contribution is 6.31. The maximum absolute atomic E-state index is 13.9. The van der Waals surface area contributed by atoms with E-state index in [-0.39, 0.29) is 11.9 Å². The van der Waals surface area contributed by atoms with Crippen LogP contribution >= 0.6 is 11.6 Å². The summed E-state index contributed by atoms with van der Waals surface area (Å²) in [6, 6.07) is 7.22. The summed E-state index contributed by atoms with van der Waals surface area (Å²) in [6.45, 7) is 4.68. The fourth-order valence-electron chi connectivity index (χ4n) is 2.08. The predicted octanol–water partition coefficient (Wildman–Crippen LogP) is 3.88. The maximum Gasteiger partial charge on any atom is 0.146 e. The Balaban J connectivity index is 2.48. The molecule has 1 unspecified atom stereocenters. The zero-order valence-electron chi connectivity index (χ0n) is 11.0. The Morgan fingerprint density at radius 2 is 2.11 bits per heavy atom. The first-order valence-corrected chi connectivity index (χ1v) is 6.60. The number of aromatic nitrogens is 1. The number of nitrogens with one attached hydrogen (secondary N) is 1. The lowest BCUT2D eigenvalue weighted by atomic mass is 9.98. The number of rotatable bonds is 4. The third-order valence-corrected chi connectivity index (χ3v) is 3.32. The number of halogens is 2. The van der Waals surface area contributed by atoms with Crippen molar-refractivity contribution < 1.29 is 4.39 Å². The van der Waals surface area contributed by atoms with Crippen LogP contribution in [-0.4, -0.2) is 11.5 Å². The number of pyridine rings is 1. The first kappa shape index (κ1) is 14.0. The van der Waals surface area contributed by atoms with E-state index in [1.54, 1.807) is 12.3 Å². The van der Waals surface area contributed by atoms with Crippen molar-refractivity contribution in [2.75, 3.05) is 6.54 Å². The van der Waals surface area contributed by atoms with Crippen LogP contribution in [0.1, 0.15) is 29.7 Å². The number of hydrogen-bond donors (Lipinski definition) is 1. The standard InChI is InChI=1S/C15H16ClFN2/c1-3-19-15(12-6-7-18-9-14(12)17)11-5-4-10(2)8-13(11)16/h4-9,15,19H,3H2,1-2H3. The van der Waals surface area contributed by atoms with Gasteiger partial charge in [0.2, 0.25) is 0 Å². The molecule has 1 heterocycles. The van der Waals surface area contributed by atoms with Gasteiger partial charge in [0.25, 0.3) is 0 Å². The van der Waals surface area contributed by atoms with Crippen LogP contribution in [0.15, 0.2) is 36.7 Å². The molecule has 1 N–H and O–H groups in total. The van der Waals surface area contributed by atoms with Gasteiger partial charge in [0.15, 0.2) is 0 Å². The van der Waals surface area contributed by atoms with Crippen molar-refractivity contribution in [3.63, 3.8) is 0 Å². The van der Waals surface area contributed by atoms with Crippen molar-refractivity contribution in [3.05, 3.63) is 64.2 Å². The fourth-order valence-corrected chi connectivity index (χ4v) is 2.42. The average Bonchev–Trinajstić information content (AvgIpc) is 2.38. The molecule has 0 saturated heterocycles. The smallest absolute Gasteiger partial charge is 0.146 e. The van der Waals surface area contributed by atoms with E-state index in [1.807, 2.05) is 32.0 Å². The molecule has 0 radical (unpaired) electrons. The number of hydrogen-bond acceptors (Lipinski definition) is 2. The van der Waals surface area contributed by atoms with Gasteiger partial charge in [-0.25, -0.2) is 4.39 Å². The van der Waals surface area contributed by atoms with Crippen molar-refractivity contribution in [2.24, 2.45) is 0 Å². The van der Waals surface area contributed by atoms with Crippen LogP contribution in [0, 0.1) is 12.7 Å². The van der Waals surface area contributed by atoms with Gasteiger partial charge in [-0.1, -0.05) is 30.7 Å². The van der Waals surface area contributed by atoms with E-state index in [4.69, 9.17) is 11.6 Å². The minimum atomic E-state index is -0.329. The third kappa shape index (κ3) is 3.11. The van der Waals surface area contributed by atoms with Gasteiger partial charge < -0.3 is 5.32 Å². The number of nitrogens with zero attached hydrogens (tertiary/aromatic N) is 1. The summed E-state index contributed by atoms with van der Waals surface area (Å²) >= 11 is 6.28. The van der Waals surface area contributed by atoms with Crippen LogP contribution in [0.2, 0.25) is 5.02 Å². The van der Waals surface area contributed by atoms with Crippen molar-refractivity contribution in [3.8, 4) is 0 Å². The fraction of sp³-hybridized carbons (Fsp3) is 0.267. The molecule has 0 spiro atoms. The van der Waals surface area contributed by atoms with Gasteiger partial charge in [0, 0.05) is 16.8 Å². The lowest BCUT2D eigenvalue weighted by Crippen LogP contribution is -2.23. The molecule has 0 aliphatic carbocycles. The lowest BCUT2D eigenvalue weighted by Gasteiger charge is -2.20. The zero-order chi connectivity index (χ0) is 13.8. The van der Waals surface area contributed by atoms with Crippen molar-refractivity contribution in [1.29, 1.82) is 0 Å². The SMILES string of the molecule is CCNC(c1ccncc1F)c1ccc(C)cc1Cl. The Bertz CT molecular complexity index is 572. The molecule has 4 heteroatoms. The molecule has 0 bridgehead atoms. The molecule has 100 valence electrons. The van der Waals surface area contributed by atoms with E-state index in [0.29, 0.717) is 10.6 Å². The Hall–Kier alpha value is -1.45. The van der Waals surface area contributed by atoms with E-state index < -0.39 is 0 Å². The summed E-state index contributed by atoms with van der Waals surface area (Å²) < 4.78 is 13.9. The van der Waals surface area contributed by atoms with Gasteiger partial charge in [-0.05, 0) is 36.7 Å². The Morgan fingerprint density at radius 3 is 2.74 bits per heavy atom. The molecule has 0 aliphatic rings. The molecule has 2 rings (SSSR count). The largest absolute Gasteiger partial charge is 0.306 e. The predicted molar refractivity (Wildman–Crippen MR) is 75.9 cm³/mol. The van der Waals surface area contributed by atoms with Crippen molar-refractivity contribution in [2.45, 2.75) is 19.9 Å². The zero-order valence-corrected chi connectivity index (χ0v) is 11.7. The van der Waals surface area contributed by atoms with Gasteiger partial charge in [0.1, 0.15) is 5.82 Å². The summed E-state index contributed by atoms with van der Waals surface area (Å²) in [5.41, 5.74) is 2.51. The second-order valence-corrected chi connectivity index (χ2v) is 4.82. The summed E-state index contributed by atoms with van der Waals surface area (Å²) in [7, 11) is 0. The molecule has 1 atom stereocenters. The maximum atomic E-state index is 13.9. The summed E-state index contributed by atoms with van der Waals surface area (Å²) in [5, 5.41) is 3.90. The summed E-state index contributed by atoms with van der Waals surface area (Å²) in [6.07, 6.45) is 2.81. The van der Waals surface area contributed by atoms with Crippen molar-refractivity contribution in [1.82, 2.24) is 10.3 Å². The molecule has 0 saturated carbocycles. The second-order valence-electron chi connectivity index (χ2n) is 4.41. The van der Waals surface area contributed by atoms with E-state index in [2.05, 4.69) is 10.3 Å². The van der Waals surface area contributed by atoms with Crippen LogP contribution < -0.4 is 5.32 Å².